The number of nitrogens with one attached hydrogen (secondary N) is 2. The van der Waals surface area contributed by atoms with Crippen LogP contribution in [0.5, 0.6) is 0 Å². The molecular weight excluding hydrogens is 475 g/mol. The van der Waals surface area contributed by atoms with E-state index in [1.165, 1.54) is 12.1 Å². The van der Waals surface area contributed by atoms with E-state index in [1.807, 2.05) is 26.8 Å². The Hall–Kier alpha value is -2.14. The molecule has 0 bridgehead atoms. The molecule has 0 spiro atoms. The average molecular weight is 502 g/mol. The molecule has 1 atom stereocenters. The quantitative estimate of drug-likeness (QED) is 0.176. The van der Waals surface area contributed by atoms with Gasteiger partial charge in [-0.05, 0) is 39.3 Å². The summed E-state index contributed by atoms with van der Waals surface area (Å²) in [5.41, 5.74) is 0.356. The van der Waals surface area contributed by atoms with Gasteiger partial charge in [-0.3, -0.25) is 10.1 Å². The second-order valence-corrected chi connectivity index (χ2v) is 6.58. The van der Waals surface area contributed by atoms with Gasteiger partial charge in [-0.2, -0.15) is 0 Å². The molecule has 8 nitrogen and oxygen atoms in total. The van der Waals surface area contributed by atoms with E-state index in [9.17, 15) is 15.2 Å². The zero-order valence-corrected chi connectivity index (χ0v) is 18.8. The van der Waals surface area contributed by atoms with E-state index < -0.39 is 10.5 Å². The molecule has 0 aliphatic carbocycles. The summed E-state index contributed by atoms with van der Waals surface area (Å²) in [6.45, 7) is 8.46. The van der Waals surface area contributed by atoms with Crippen LogP contribution in [0.3, 0.4) is 0 Å². The summed E-state index contributed by atoms with van der Waals surface area (Å²) in [4.78, 5) is 14.9. The van der Waals surface area contributed by atoms with Crippen LogP contribution in [0.25, 0.3) is 0 Å². The summed E-state index contributed by atoms with van der Waals surface area (Å²) in [5, 5.41) is 27.9. The highest BCUT2D eigenvalue weighted by Crippen LogP contribution is 2.26. The number of furan rings is 1. The number of hydrogen-bond donors (Lipinski definition) is 3. The van der Waals surface area contributed by atoms with E-state index in [1.54, 1.807) is 19.1 Å². The van der Waals surface area contributed by atoms with Gasteiger partial charge in [-0.1, -0.05) is 12.1 Å². The highest BCUT2D eigenvalue weighted by molar-refractivity contribution is 14.0. The summed E-state index contributed by atoms with van der Waals surface area (Å²) >= 11 is 0. The van der Waals surface area contributed by atoms with E-state index in [2.05, 4.69) is 15.6 Å². The molecule has 0 aliphatic rings. The first kappa shape index (κ1) is 23.9. The molecule has 1 heterocycles. The van der Waals surface area contributed by atoms with Crippen molar-refractivity contribution in [1.29, 1.82) is 0 Å². The van der Waals surface area contributed by atoms with E-state index in [4.69, 9.17) is 4.42 Å². The lowest BCUT2D eigenvalue weighted by molar-refractivity contribution is -0.384. The largest absolute Gasteiger partial charge is 0.466 e. The van der Waals surface area contributed by atoms with Crippen molar-refractivity contribution in [3.8, 4) is 0 Å². The number of rotatable bonds is 7. The van der Waals surface area contributed by atoms with Crippen molar-refractivity contribution in [2.45, 2.75) is 39.8 Å². The van der Waals surface area contributed by atoms with Crippen LogP contribution in [0, 0.1) is 24.0 Å². The minimum absolute atomic E-state index is 0. The Morgan fingerprint density at radius 1 is 1.32 bits per heavy atom. The van der Waals surface area contributed by atoms with Crippen LogP contribution in [0.15, 0.2) is 39.7 Å². The molecule has 0 radical (unpaired) electrons. The lowest BCUT2D eigenvalue weighted by atomic mass is 9.96. The molecule has 2 aromatic rings. The van der Waals surface area contributed by atoms with Crippen molar-refractivity contribution in [3.63, 3.8) is 0 Å². The Bertz CT molecular complexity index is 833. The number of nitro groups is 1. The second kappa shape index (κ2) is 10.4. The smallest absolute Gasteiger partial charge is 0.269 e. The fraction of sp³-hybridized carbons (Fsp3) is 0.421. The van der Waals surface area contributed by atoms with Crippen LogP contribution < -0.4 is 10.6 Å². The Labute approximate surface area is 181 Å². The van der Waals surface area contributed by atoms with Crippen LogP contribution in [0.2, 0.25) is 0 Å². The number of aryl methyl sites for hydroxylation is 2. The van der Waals surface area contributed by atoms with Gasteiger partial charge in [0.25, 0.3) is 5.69 Å². The third-order valence-electron chi connectivity index (χ3n) is 4.11. The molecule has 1 aromatic carbocycles. The predicted octanol–water partition coefficient (Wildman–Crippen LogP) is 3.39. The second-order valence-electron chi connectivity index (χ2n) is 6.58. The third-order valence-corrected chi connectivity index (χ3v) is 4.11. The maximum absolute atomic E-state index is 10.9. The van der Waals surface area contributed by atoms with Gasteiger partial charge in [0.05, 0.1) is 18.0 Å². The van der Waals surface area contributed by atoms with Gasteiger partial charge in [0.15, 0.2) is 5.96 Å². The standard InChI is InChI=1S/C19H26N4O4.HI/c1-5-20-18(21-11-15-7-6-8-16(10-15)23(25)26)22-12-19(4,24)17-9-13(2)27-14(17)3;/h6-10,24H,5,11-12H2,1-4H3,(H2,20,21,22);1H. The predicted molar refractivity (Wildman–Crippen MR) is 119 cm³/mol. The van der Waals surface area contributed by atoms with Gasteiger partial charge in [0.1, 0.15) is 17.1 Å². The van der Waals surface area contributed by atoms with E-state index in [0.29, 0.717) is 18.3 Å². The maximum Gasteiger partial charge on any atom is 0.269 e. The molecule has 2 rings (SSSR count). The van der Waals surface area contributed by atoms with E-state index in [-0.39, 0.29) is 42.8 Å². The molecule has 0 saturated heterocycles. The van der Waals surface area contributed by atoms with E-state index in [0.717, 1.165) is 16.9 Å². The summed E-state index contributed by atoms with van der Waals surface area (Å²) in [6.07, 6.45) is 0. The molecule has 154 valence electrons. The highest BCUT2D eigenvalue weighted by atomic mass is 127. The first-order chi connectivity index (χ1) is 12.7. The first-order valence-electron chi connectivity index (χ1n) is 8.78. The van der Waals surface area contributed by atoms with Gasteiger partial charge in [-0.15, -0.1) is 24.0 Å². The Morgan fingerprint density at radius 3 is 2.61 bits per heavy atom. The van der Waals surface area contributed by atoms with Crippen molar-refractivity contribution in [2.24, 2.45) is 4.99 Å². The van der Waals surface area contributed by atoms with E-state index >= 15 is 0 Å². The van der Waals surface area contributed by atoms with Gasteiger partial charge >= 0.3 is 0 Å². The number of aliphatic imine (C=N–C) groups is 1. The van der Waals surface area contributed by atoms with Crippen LogP contribution in [0.4, 0.5) is 5.69 Å². The zero-order chi connectivity index (χ0) is 20.0. The van der Waals surface area contributed by atoms with Gasteiger partial charge in [0.2, 0.25) is 0 Å². The minimum atomic E-state index is -1.14. The number of aliphatic hydroxyl groups is 1. The number of halogens is 1. The Balaban J connectivity index is 0.00000392. The molecule has 0 saturated carbocycles. The number of non-ortho nitro benzene ring substituents is 1. The Kier molecular flexibility index (Phi) is 8.89. The average Bonchev–Trinajstić information content (AvgIpc) is 2.97. The zero-order valence-electron chi connectivity index (χ0n) is 16.5. The molecule has 9 heteroatoms. The van der Waals surface area contributed by atoms with Crippen molar-refractivity contribution < 1.29 is 14.4 Å². The van der Waals surface area contributed by atoms with Gasteiger partial charge in [-0.25, -0.2) is 4.99 Å². The summed E-state index contributed by atoms with van der Waals surface area (Å²) < 4.78 is 5.50. The molecule has 1 unspecified atom stereocenters. The van der Waals surface area contributed by atoms with Crippen LogP contribution in [-0.2, 0) is 12.1 Å². The summed E-state index contributed by atoms with van der Waals surface area (Å²) in [7, 11) is 0. The SMILES string of the molecule is CCNC(=NCc1cccc([N+](=O)[O-])c1)NCC(C)(O)c1cc(C)oc1C.I. The van der Waals surface area contributed by atoms with Crippen LogP contribution in [0.1, 0.15) is 36.5 Å². The van der Waals surface area contributed by atoms with Crippen molar-refractivity contribution >= 4 is 35.6 Å². The topological polar surface area (TPSA) is 113 Å². The Morgan fingerprint density at radius 2 is 2.04 bits per heavy atom. The summed E-state index contributed by atoms with van der Waals surface area (Å²) in [5.74, 6) is 1.94. The van der Waals surface area contributed by atoms with Crippen molar-refractivity contribution in [2.75, 3.05) is 13.1 Å². The number of nitro benzene ring substituents is 1. The first-order valence-corrected chi connectivity index (χ1v) is 8.78. The number of benzene rings is 1. The lowest BCUT2D eigenvalue weighted by Crippen LogP contribution is -2.44. The maximum atomic E-state index is 10.9. The van der Waals surface area contributed by atoms with Crippen molar-refractivity contribution in [1.82, 2.24) is 10.6 Å². The number of guanidine groups is 1. The molecule has 3 N–H and O–H groups in total. The third kappa shape index (κ3) is 6.48. The summed E-state index contributed by atoms with van der Waals surface area (Å²) in [6, 6.07) is 8.19. The molecule has 0 aliphatic heterocycles. The number of nitrogens with zero attached hydrogens (tertiary/aromatic N) is 2. The van der Waals surface area contributed by atoms with Crippen LogP contribution in [-0.4, -0.2) is 29.1 Å². The molecule has 28 heavy (non-hydrogen) atoms. The lowest BCUT2D eigenvalue weighted by Gasteiger charge is -2.24. The normalized spacial score (nSPS) is 13.4. The molecule has 0 amide bonds. The number of hydrogen-bond acceptors (Lipinski definition) is 5. The molecular formula is C19H27IN4O4. The van der Waals surface area contributed by atoms with Gasteiger partial charge in [0, 0.05) is 24.2 Å². The molecule has 0 fully saturated rings. The fourth-order valence-corrected chi connectivity index (χ4v) is 2.80. The van der Waals surface area contributed by atoms with Gasteiger partial charge < -0.3 is 20.2 Å². The van der Waals surface area contributed by atoms with Crippen LogP contribution >= 0.6 is 24.0 Å². The van der Waals surface area contributed by atoms with Crippen molar-refractivity contribution in [3.05, 3.63) is 63.1 Å². The fourth-order valence-electron chi connectivity index (χ4n) is 2.80. The monoisotopic (exact) mass is 502 g/mol. The highest BCUT2D eigenvalue weighted by Gasteiger charge is 2.27. The minimum Gasteiger partial charge on any atom is -0.466 e. The molecule has 1 aromatic heterocycles.